The summed E-state index contributed by atoms with van der Waals surface area (Å²) in [5, 5.41) is 19.7. The molecule has 0 amide bonds. The first-order valence-electron chi connectivity index (χ1n) is 5.36. The van der Waals surface area contributed by atoms with Crippen LogP contribution in [0.1, 0.15) is 15.9 Å². The Bertz CT molecular complexity index is 531. The van der Waals surface area contributed by atoms with Crippen LogP contribution in [0.2, 0.25) is 0 Å². The van der Waals surface area contributed by atoms with Crippen LogP contribution in [-0.2, 0) is 6.54 Å². The number of nitrogens with zero attached hydrogens (tertiary/aromatic N) is 2. The van der Waals surface area contributed by atoms with E-state index in [0.29, 0.717) is 0 Å². The second kappa shape index (κ2) is 5.87. The highest BCUT2D eigenvalue weighted by atomic mass is 19.4. The number of carboxylic acid groups (broad SMARTS) is 1. The van der Waals surface area contributed by atoms with E-state index in [1.165, 1.54) is 12.1 Å². The molecule has 1 aromatic carbocycles. The van der Waals surface area contributed by atoms with E-state index in [2.05, 4.69) is 0 Å². The molecule has 1 N–H and O–H groups in total. The van der Waals surface area contributed by atoms with Gasteiger partial charge in [-0.1, -0.05) is 12.1 Å². The van der Waals surface area contributed by atoms with Crippen molar-refractivity contribution in [1.29, 1.82) is 0 Å². The van der Waals surface area contributed by atoms with Crippen molar-refractivity contribution in [2.24, 2.45) is 0 Å². The first-order chi connectivity index (χ1) is 9.11. The second-order valence-electron chi connectivity index (χ2n) is 4.16. The lowest BCUT2D eigenvalue weighted by molar-refractivity contribution is -0.385. The minimum atomic E-state index is -4.43. The lowest BCUT2D eigenvalue weighted by Gasteiger charge is -2.19. The fourth-order valence-corrected chi connectivity index (χ4v) is 1.77. The van der Waals surface area contributed by atoms with Crippen molar-refractivity contribution in [3.63, 3.8) is 0 Å². The van der Waals surface area contributed by atoms with E-state index in [1.54, 1.807) is 0 Å². The van der Waals surface area contributed by atoms with Gasteiger partial charge in [0.1, 0.15) is 5.56 Å². The Morgan fingerprint density at radius 1 is 1.45 bits per heavy atom. The highest BCUT2D eigenvalue weighted by Gasteiger charge is 2.30. The summed E-state index contributed by atoms with van der Waals surface area (Å²) < 4.78 is 36.6. The highest BCUT2D eigenvalue weighted by molar-refractivity contribution is 5.94. The standard InChI is InChI=1S/C11H11F3N2O4/c1-15(6-11(12,13)14)5-7-3-2-4-8(16(19)20)9(7)10(17)18/h2-4H,5-6H2,1H3,(H,17,18). The molecule has 0 aliphatic heterocycles. The Hall–Kier alpha value is -2.16. The van der Waals surface area contributed by atoms with Crippen molar-refractivity contribution in [3.8, 4) is 0 Å². The summed E-state index contributed by atoms with van der Waals surface area (Å²) in [4.78, 5) is 21.8. The summed E-state index contributed by atoms with van der Waals surface area (Å²) in [5.74, 6) is -1.55. The number of nitro groups is 1. The van der Waals surface area contributed by atoms with Gasteiger partial charge in [0.2, 0.25) is 0 Å². The number of hydrogen-bond donors (Lipinski definition) is 1. The number of rotatable bonds is 5. The van der Waals surface area contributed by atoms with Crippen LogP contribution in [0.4, 0.5) is 18.9 Å². The minimum Gasteiger partial charge on any atom is -0.477 e. The van der Waals surface area contributed by atoms with Crippen molar-refractivity contribution in [2.75, 3.05) is 13.6 Å². The molecule has 0 fully saturated rings. The Balaban J connectivity index is 3.09. The molecule has 0 saturated heterocycles. The van der Waals surface area contributed by atoms with Gasteiger partial charge in [0, 0.05) is 12.6 Å². The first-order valence-corrected chi connectivity index (χ1v) is 5.36. The molecule has 0 aliphatic carbocycles. The topological polar surface area (TPSA) is 83.7 Å². The highest BCUT2D eigenvalue weighted by Crippen LogP contribution is 2.24. The zero-order chi connectivity index (χ0) is 15.5. The zero-order valence-electron chi connectivity index (χ0n) is 10.3. The number of aromatic carboxylic acids is 1. The monoisotopic (exact) mass is 292 g/mol. The van der Waals surface area contributed by atoms with E-state index in [-0.39, 0.29) is 12.1 Å². The number of carboxylic acids is 1. The van der Waals surface area contributed by atoms with Crippen LogP contribution in [0.5, 0.6) is 0 Å². The third kappa shape index (κ3) is 4.19. The van der Waals surface area contributed by atoms with Crippen LogP contribution in [0.3, 0.4) is 0 Å². The number of carbonyl (C=O) groups is 1. The van der Waals surface area contributed by atoms with Gasteiger partial charge < -0.3 is 5.11 Å². The molecule has 6 nitrogen and oxygen atoms in total. The normalized spacial score (nSPS) is 11.7. The molecule has 0 aromatic heterocycles. The molecule has 9 heteroatoms. The second-order valence-corrected chi connectivity index (χ2v) is 4.16. The Kier molecular flexibility index (Phi) is 4.66. The third-order valence-corrected chi connectivity index (χ3v) is 2.43. The first kappa shape index (κ1) is 15.9. The Morgan fingerprint density at radius 2 is 2.05 bits per heavy atom. The van der Waals surface area contributed by atoms with Gasteiger partial charge in [-0.15, -0.1) is 0 Å². The van der Waals surface area contributed by atoms with Crippen molar-refractivity contribution in [3.05, 3.63) is 39.4 Å². The lowest BCUT2D eigenvalue weighted by atomic mass is 10.0. The van der Waals surface area contributed by atoms with E-state index >= 15 is 0 Å². The van der Waals surface area contributed by atoms with E-state index in [0.717, 1.165) is 18.0 Å². The molecule has 1 aromatic rings. The summed E-state index contributed by atoms with van der Waals surface area (Å²) >= 11 is 0. The number of nitro benzene ring substituents is 1. The Labute approximate surface area is 111 Å². The predicted molar refractivity (Wildman–Crippen MR) is 62.4 cm³/mol. The fraction of sp³-hybridized carbons (Fsp3) is 0.364. The molecular weight excluding hydrogens is 281 g/mol. The van der Waals surface area contributed by atoms with Gasteiger partial charge >= 0.3 is 12.1 Å². The maximum Gasteiger partial charge on any atom is 0.401 e. The molecule has 110 valence electrons. The third-order valence-electron chi connectivity index (χ3n) is 2.43. The molecule has 0 aliphatic rings. The van der Waals surface area contributed by atoms with Crippen LogP contribution in [0.15, 0.2) is 18.2 Å². The molecule has 20 heavy (non-hydrogen) atoms. The van der Waals surface area contributed by atoms with Gasteiger partial charge in [0.15, 0.2) is 0 Å². The maximum atomic E-state index is 12.2. The molecule has 0 radical (unpaired) electrons. The van der Waals surface area contributed by atoms with Crippen molar-refractivity contribution >= 4 is 11.7 Å². The lowest BCUT2D eigenvalue weighted by Crippen LogP contribution is -2.31. The Morgan fingerprint density at radius 3 is 2.50 bits per heavy atom. The van der Waals surface area contributed by atoms with E-state index in [4.69, 9.17) is 5.11 Å². The van der Waals surface area contributed by atoms with Crippen LogP contribution in [-0.4, -0.2) is 40.7 Å². The minimum absolute atomic E-state index is 0.0431. The summed E-state index contributed by atoms with van der Waals surface area (Å²) in [6.45, 7) is -1.60. The van der Waals surface area contributed by atoms with Gasteiger partial charge in [0.25, 0.3) is 5.69 Å². The fourth-order valence-electron chi connectivity index (χ4n) is 1.77. The van der Waals surface area contributed by atoms with Crippen molar-refractivity contribution in [1.82, 2.24) is 4.90 Å². The molecular formula is C11H11F3N2O4. The maximum absolute atomic E-state index is 12.2. The summed E-state index contributed by atoms with van der Waals surface area (Å²) in [7, 11) is 1.15. The van der Waals surface area contributed by atoms with Crippen LogP contribution in [0, 0.1) is 10.1 Å². The van der Waals surface area contributed by atoms with Crippen LogP contribution < -0.4 is 0 Å². The van der Waals surface area contributed by atoms with Crippen LogP contribution in [0.25, 0.3) is 0 Å². The van der Waals surface area contributed by atoms with E-state index in [1.807, 2.05) is 0 Å². The van der Waals surface area contributed by atoms with E-state index in [9.17, 15) is 28.1 Å². The summed E-state index contributed by atoms with van der Waals surface area (Å²) in [6.07, 6.45) is -4.43. The zero-order valence-corrected chi connectivity index (χ0v) is 10.3. The molecule has 0 atom stereocenters. The number of benzene rings is 1. The molecule has 0 heterocycles. The van der Waals surface area contributed by atoms with Crippen LogP contribution >= 0.6 is 0 Å². The quantitative estimate of drug-likeness (QED) is 0.665. The SMILES string of the molecule is CN(Cc1cccc([N+](=O)[O-])c1C(=O)O)CC(F)(F)F. The smallest absolute Gasteiger partial charge is 0.401 e. The average molecular weight is 292 g/mol. The molecule has 1 rings (SSSR count). The van der Waals surface area contributed by atoms with E-state index < -0.39 is 34.9 Å². The van der Waals surface area contributed by atoms with Gasteiger partial charge in [-0.05, 0) is 12.6 Å². The van der Waals surface area contributed by atoms with Gasteiger partial charge in [-0.3, -0.25) is 15.0 Å². The number of alkyl halides is 3. The van der Waals surface area contributed by atoms with Gasteiger partial charge in [-0.25, -0.2) is 4.79 Å². The number of halogens is 3. The van der Waals surface area contributed by atoms with Gasteiger partial charge in [-0.2, -0.15) is 13.2 Å². The summed E-state index contributed by atoms with van der Waals surface area (Å²) in [5.41, 5.74) is -1.28. The summed E-state index contributed by atoms with van der Waals surface area (Å²) in [6, 6.07) is 3.49. The number of hydrogen-bond acceptors (Lipinski definition) is 4. The largest absolute Gasteiger partial charge is 0.477 e. The molecule has 0 bridgehead atoms. The predicted octanol–water partition coefficient (Wildman–Crippen LogP) is 2.29. The molecule has 0 saturated carbocycles. The molecule has 0 unspecified atom stereocenters. The average Bonchev–Trinajstić information content (AvgIpc) is 2.25. The van der Waals surface area contributed by atoms with Gasteiger partial charge in [0.05, 0.1) is 11.5 Å². The molecule has 0 spiro atoms. The van der Waals surface area contributed by atoms with Crippen molar-refractivity contribution < 1.29 is 28.0 Å². The van der Waals surface area contributed by atoms with Crippen molar-refractivity contribution in [2.45, 2.75) is 12.7 Å².